The van der Waals surface area contributed by atoms with Crippen LogP contribution in [-0.2, 0) is 28.1 Å². The third kappa shape index (κ3) is 7.30. The van der Waals surface area contributed by atoms with Gasteiger partial charge in [0, 0.05) is 29.1 Å². The zero-order valence-electron chi connectivity index (χ0n) is 29.2. The molecule has 0 radical (unpaired) electrons. The number of benzene rings is 3. The summed E-state index contributed by atoms with van der Waals surface area (Å²) in [6.45, 7) is 7.23. The van der Waals surface area contributed by atoms with Crippen LogP contribution < -0.4 is 5.32 Å². The molecular formula is C40H45F3N4O3S. The molecule has 0 unspecified atom stereocenters. The van der Waals surface area contributed by atoms with Crippen molar-refractivity contribution in [1.29, 1.82) is 0 Å². The van der Waals surface area contributed by atoms with Gasteiger partial charge < -0.3 is 10.2 Å². The Bertz CT molecular complexity index is 2020. The minimum absolute atomic E-state index is 0.0742. The molecular weight excluding hydrogens is 674 g/mol. The van der Waals surface area contributed by atoms with Crippen molar-refractivity contribution < 1.29 is 26.4 Å². The van der Waals surface area contributed by atoms with Crippen LogP contribution in [0.25, 0.3) is 22.2 Å². The summed E-state index contributed by atoms with van der Waals surface area (Å²) in [4.78, 5) is 24.7. The van der Waals surface area contributed by atoms with E-state index in [4.69, 9.17) is 4.98 Å². The Kier molecular flexibility index (Phi) is 9.75. The van der Waals surface area contributed by atoms with Crippen LogP contribution in [0.4, 0.5) is 13.2 Å². The quantitative estimate of drug-likeness (QED) is 0.189. The van der Waals surface area contributed by atoms with E-state index in [1.54, 1.807) is 26.0 Å². The molecule has 1 aliphatic carbocycles. The molecule has 7 nitrogen and oxygen atoms in total. The molecule has 3 heterocycles. The van der Waals surface area contributed by atoms with Crippen molar-refractivity contribution in [3.05, 3.63) is 95.1 Å². The van der Waals surface area contributed by atoms with E-state index < -0.39 is 38.3 Å². The molecule has 2 aliphatic heterocycles. The average Bonchev–Trinajstić information content (AvgIpc) is 3.92. The van der Waals surface area contributed by atoms with Gasteiger partial charge in [-0.1, -0.05) is 48.9 Å². The minimum Gasteiger partial charge on any atom is -0.342 e. The zero-order chi connectivity index (χ0) is 36.0. The number of likely N-dealkylation sites (tertiary alicyclic amines) is 2. The Morgan fingerprint density at radius 2 is 1.63 bits per heavy atom. The Morgan fingerprint density at radius 1 is 0.922 bits per heavy atom. The third-order valence-corrected chi connectivity index (χ3v) is 13.1. The summed E-state index contributed by atoms with van der Waals surface area (Å²) < 4.78 is 68.9. The van der Waals surface area contributed by atoms with Crippen molar-refractivity contribution in [2.24, 2.45) is 0 Å². The number of piperidine rings is 2. The number of carbonyl (C=O) groups excluding carboxylic acids is 1. The van der Waals surface area contributed by atoms with Gasteiger partial charge >= 0.3 is 6.18 Å². The van der Waals surface area contributed by atoms with E-state index in [0.717, 1.165) is 69.6 Å². The van der Waals surface area contributed by atoms with Gasteiger partial charge in [0.25, 0.3) is 5.91 Å². The number of pyridine rings is 1. The Hall–Kier alpha value is -3.80. The summed E-state index contributed by atoms with van der Waals surface area (Å²) in [7, 11) is -3.72. The summed E-state index contributed by atoms with van der Waals surface area (Å²) in [6, 6.07) is 19.9. The first-order chi connectivity index (χ1) is 24.4. The van der Waals surface area contributed by atoms with E-state index in [0.29, 0.717) is 28.2 Å². The molecule has 7 rings (SSSR count). The molecule has 1 aromatic heterocycles. The Balaban J connectivity index is 1.38. The second-order valence-corrected chi connectivity index (χ2v) is 17.2. The highest BCUT2D eigenvalue weighted by Crippen LogP contribution is 2.46. The van der Waals surface area contributed by atoms with Crippen LogP contribution in [0.3, 0.4) is 0 Å². The van der Waals surface area contributed by atoms with E-state index in [1.165, 1.54) is 37.5 Å². The van der Waals surface area contributed by atoms with Crippen molar-refractivity contribution in [2.45, 2.75) is 93.2 Å². The molecule has 0 spiro atoms. The normalized spacial score (nSPS) is 19.0. The topological polar surface area (TPSA) is 82.6 Å². The zero-order valence-corrected chi connectivity index (χ0v) is 30.0. The lowest BCUT2D eigenvalue weighted by molar-refractivity contribution is -0.137. The number of aromatic nitrogens is 1. The van der Waals surface area contributed by atoms with E-state index >= 15 is 0 Å². The molecule has 51 heavy (non-hydrogen) atoms. The average molecular weight is 719 g/mol. The fraction of sp³-hybridized carbons (Fsp3) is 0.450. The first-order valence-electron chi connectivity index (χ1n) is 18.1. The Labute approximate surface area is 298 Å². The van der Waals surface area contributed by atoms with E-state index in [-0.39, 0.29) is 22.6 Å². The number of alkyl halides is 3. The van der Waals surface area contributed by atoms with E-state index in [9.17, 15) is 26.4 Å². The van der Waals surface area contributed by atoms with Crippen LogP contribution >= 0.6 is 0 Å². The van der Waals surface area contributed by atoms with Gasteiger partial charge in [-0.2, -0.15) is 13.2 Å². The maximum Gasteiger partial charge on any atom is 0.416 e. The number of hydrogen-bond donors (Lipinski definition) is 1. The minimum atomic E-state index is -4.57. The summed E-state index contributed by atoms with van der Waals surface area (Å²) in [5.74, 6) is -0.394. The number of halogens is 3. The van der Waals surface area contributed by atoms with Crippen LogP contribution in [0.5, 0.6) is 0 Å². The van der Waals surface area contributed by atoms with Crippen LogP contribution in [0, 0.1) is 0 Å². The molecule has 4 aromatic rings. The predicted octanol–water partition coefficient (Wildman–Crippen LogP) is 7.97. The number of carbonyl (C=O) groups is 1. The molecule has 3 aliphatic rings. The van der Waals surface area contributed by atoms with Crippen LogP contribution in [0.15, 0.2) is 77.7 Å². The molecule has 0 bridgehead atoms. The van der Waals surface area contributed by atoms with Gasteiger partial charge in [0.2, 0.25) is 0 Å². The number of amides is 1. The molecule has 1 N–H and O–H groups in total. The van der Waals surface area contributed by atoms with E-state index in [1.807, 2.05) is 30.3 Å². The van der Waals surface area contributed by atoms with Gasteiger partial charge in [0.15, 0.2) is 9.84 Å². The fourth-order valence-electron chi connectivity index (χ4n) is 7.82. The monoisotopic (exact) mass is 718 g/mol. The number of rotatable bonds is 9. The summed E-state index contributed by atoms with van der Waals surface area (Å²) in [5, 5.41) is 2.97. The lowest BCUT2D eigenvalue weighted by Gasteiger charge is -2.40. The standard InChI is InChI=1S/C40H45F3N4O3S/c1-27(2)51(49,50)32-14-15-35-33(25-32)36(38(48)45-39(18-19-39)29-11-5-3-6-12-29)34(37(44-35)28-10-9-13-30(24-28)40(41,42)43)26-46-22-16-31(17-23-46)47-20-7-4-8-21-47/h3,5-6,9-15,24-25,27,31H,4,7-8,16-23,26H2,1-2H3,(H,45,48). The van der Waals surface area contributed by atoms with Crippen LogP contribution in [0.1, 0.15) is 85.8 Å². The highest BCUT2D eigenvalue weighted by molar-refractivity contribution is 7.92. The maximum atomic E-state index is 14.8. The fourth-order valence-corrected chi connectivity index (χ4v) is 8.91. The van der Waals surface area contributed by atoms with Crippen molar-refractivity contribution in [1.82, 2.24) is 20.1 Å². The first-order valence-corrected chi connectivity index (χ1v) is 19.6. The van der Waals surface area contributed by atoms with Gasteiger partial charge in [0.1, 0.15) is 0 Å². The Morgan fingerprint density at radius 3 is 2.27 bits per heavy atom. The lowest BCUT2D eigenvalue weighted by Crippen LogP contribution is -2.46. The summed E-state index contributed by atoms with van der Waals surface area (Å²) >= 11 is 0. The second kappa shape index (κ2) is 14.0. The predicted molar refractivity (Wildman–Crippen MR) is 193 cm³/mol. The molecule has 2 saturated heterocycles. The first kappa shape index (κ1) is 35.6. The molecule has 1 saturated carbocycles. The SMILES string of the molecule is CC(C)S(=O)(=O)c1ccc2nc(-c3cccc(C(F)(F)F)c3)c(CN3CCC(N4CCCCC4)CC3)c(C(=O)NC3(c4ccccc4)CC3)c2c1. The third-order valence-electron chi connectivity index (χ3n) is 11.0. The van der Waals surface area contributed by atoms with Crippen molar-refractivity contribution in [3.63, 3.8) is 0 Å². The maximum absolute atomic E-state index is 14.8. The van der Waals surface area contributed by atoms with E-state index in [2.05, 4.69) is 15.1 Å². The number of fused-ring (bicyclic) bond motifs is 1. The highest BCUT2D eigenvalue weighted by atomic mass is 32.2. The smallest absolute Gasteiger partial charge is 0.342 e. The van der Waals surface area contributed by atoms with Crippen molar-refractivity contribution in [2.75, 3.05) is 26.2 Å². The van der Waals surface area contributed by atoms with Gasteiger partial charge in [-0.3, -0.25) is 9.69 Å². The number of nitrogens with zero attached hydrogens (tertiary/aromatic N) is 3. The van der Waals surface area contributed by atoms with Crippen molar-refractivity contribution >= 4 is 26.6 Å². The summed E-state index contributed by atoms with van der Waals surface area (Å²) in [5.41, 5.74) is 1.22. The molecule has 3 fully saturated rings. The number of hydrogen-bond acceptors (Lipinski definition) is 6. The molecule has 11 heteroatoms. The molecule has 1 amide bonds. The van der Waals surface area contributed by atoms with Crippen molar-refractivity contribution in [3.8, 4) is 11.3 Å². The highest BCUT2D eigenvalue weighted by Gasteiger charge is 2.46. The second-order valence-electron chi connectivity index (χ2n) is 14.7. The van der Waals surface area contributed by atoms with Gasteiger partial charge in [0.05, 0.1) is 38.0 Å². The van der Waals surface area contributed by atoms with Gasteiger partial charge in [-0.25, -0.2) is 13.4 Å². The van der Waals surface area contributed by atoms with Crippen LogP contribution in [-0.4, -0.2) is 66.6 Å². The number of sulfone groups is 1. The van der Waals surface area contributed by atoms with Crippen LogP contribution in [0.2, 0.25) is 0 Å². The molecule has 270 valence electrons. The van der Waals surface area contributed by atoms with Gasteiger partial charge in [-0.15, -0.1) is 0 Å². The molecule has 3 aromatic carbocycles. The lowest BCUT2D eigenvalue weighted by atomic mass is 9.93. The number of nitrogens with one attached hydrogen (secondary N) is 1. The summed E-state index contributed by atoms with van der Waals surface area (Å²) in [6.07, 6.45) is 2.49. The largest absolute Gasteiger partial charge is 0.416 e. The van der Waals surface area contributed by atoms with Gasteiger partial charge in [-0.05, 0) is 114 Å². The molecule has 0 atom stereocenters.